The summed E-state index contributed by atoms with van der Waals surface area (Å²) in [6, 6.07) is 1.62. The first-order valence-corrected chi connectivity index (χ1v) is 6.17. The molecule has 0 aliphatic carbocycles. The van der Waals surface area contributed by atoms with Crippen LogP contribution in [0.3, 0.4) is 0 Å². The molecule has 0 saturated heterocycles. The van der Waals surface area contributed by atoms with E-state index < -0.39 is 10.0 Å². The van der Waals surface area contributed by atoms with Crippen molar-refractivity contribution in [1.82, 2.24) is 14.7 Å². The third kappa shape index (κ3) is 3.96. The number of rotatable bonds is 6. The van der Waals surface area contributed by atoms with E-state index in [4.69, 9.17) is 5.84 Å². The summed E-state index contributed by atoms with van der Waals surface area (Å²) in [5.41, 5.74) is 2.29. The predicted molar refractivity (Wildman–Crippen MR) is 61.2 cm³/mol. The Balaban J connectivity index is 2.49. The van der Waals surface area contributed by atoms with E-state index in [1.54, 1.807) is 6.07 Å². The maximum absolute atomic E-state index is 11.1. The molecular formula is C7H14N6O2S. The fraction of sp³-hybridized carbons (Fsp3) is 0.429. The lowest BCUT2D eigenvalue weighted by Gasteiger charge is -2.06. The van der Waals surface area contributed by atoms with Crippen LogP contribution in [0.15, 0.2) is 12.3 Å². The fourth-order valence-electron chi connectivity index (χ4n) is 0.942. The summed E-state index contributed by atoms with van der Waals surface area (Å²) in [6.07, 6.45) is 1.51. The van der Waals surface area contributed by atoms with Gasteiger partial charge in [0.1, 0.15) is 5.82 Å². The molecule has 1 rings (SSSR count). The van der Waals surface area contributed by atoms with E-state index in [2.05, 4.69) is 25.4 Å². The second kappa shape index (κ2) is 5.58. The molecule has 0 aliphatic heterocycles. The zero-order valence-electron chi connectivity index (χ0n) is 8.77. The summed E-state index contributed by atoms with van der Waals surface area (Å²) >= 11 is 0. The zero-order valence-corrected chi connectivity index (χ0v) is 9.58. The Morgan fingerprint density at radius 1 is 1.50 bits per heavy atom. The van der Waals surface area contributed by atoms with Crippen LogP contribution in [0.4, 0.5) is 11.8 Å². The highest BCUT2D eigenvalue weighted by atomic mass is 32.2. The maximum Gasteiger partial charge on any atom is 0.239 e. The largest absolute Gasteiger partial charge is 0.369 e. The molecule has 9 heteroatoms. The monoisotopic (exact) mass is 246 g/mol. The standard InChI is InChI=1S/C7H14N6O2S/c1-9-16(14,15)5-4-10-6-2-3-11-7(12-6)13-8/h2-3,9H,4-5,8H2,1H3,(H2,10,11,12,13). The van der Waals surface area contributed by atoms with Crippen molar-refractivity contribution in [2.45, 2.75) is 0 Å². The second-order valence-corrected chi connectivity index (χ2v) is 4.91. The highest BCUT2D eigenvalue weighted by molar-refractivity contribution is 7.89. The first-order chi connectivity index (χ1) is 7.57. The van der Waals surface area contributed by atoms with Crippen molar-refractivity contribution in [2.75, 3.05) is 30.1 Å². The van der Waals surface area contributed by atoms with Gasteiger partial charge in [0.05, 0.1) is 5.75 Å². The average molecular weight is 246 g/mol. The summed E-state index contributed by atoms with van der Waals surface area (Å²) < 4.78 is 24.4. The van der Waals surface area contributed by atoms with Crippen molar-refractivity contribution in [2.24, 2.45) is 5.84 Å². The summed E-state index contributed by atoms with van der Waals surface area (Å²) in [7, 11) is -1.83. The van der Waals surface area contributed by atoms with Crippen molar-refractivity contribution in [1.29, 1.82) is 0 Å². The lowest BCUT2D eigenvalue weighted by molar-refractivity contribution is 0.588. The fourth-order valence-corrected chi connectivity index (χ4v) is 1.52. The van der Waals surface area contributed by atoms with Gasteiger partial charge < -0.3 is 5.32 Å². The number of anilines is 2. The number of nitrogens with zero attached hydrogens (tertiary/aromatic N) is 2. The quantitative estimate of drug-likeness (QED) is 0.364. The van der Waals surface area contributed by atoms with Crippen molar-refractivity contribution in [3.05, 3.63) is 12.3 Å². The first-order valence-electron chi connectivity index (χ1n) is 4.52. The van der Waals surface area contributed by atoms with Crippen molar-refractivity contribution in [3.63, 3.8) is 0 Å². The van der Waals surface area contributed by atoms with E-state index >= 15 is 0 Å². The van der Waals surface area contributed by atoms with E-state index in [0.29, 0.717) is 5.82 Å². The number of hydrogen-bond donors (Lipinski definition) is 4. The van der Waals surface area contributed by atoms with Crippen LogP contribution in [0.1, 0.15) is 0 Å². The molecule has 0 saturated carbocycles. The normalized spacial score (nSPS) is 11.1. The molecule has 16 heavy (non-hydrogen) atoms. The van der Waals surface area contributed by atoms with Gasteiger partial charge in [0, 0.05) is 12.7 Å². The van der Waals surface area contributed by atoms with Gasteiger partial charge in [0.2, 0.25) is 16.0 Å². The zero-order chi connectivity index (χ0) is 12.0. The van der Waals surface area contributed by atoms with Crippen LogP contribution in [-0.4, -0.2) is 37.7 Å². The summed E-state index contributed by atoms with van der Waals surface area (Å²) in [4.78, 5) is 7.78. The van der Waals surface area contributed by atoms with Gasteiger partial charge in [-0.3, -0.25) is 5.43 Å². The average Bonchev–Trinajstić information content (AvgIpc) is 2.29. The number of hydrazine groups is 1. The molecule has 0 unspecified atom stereocenters. The van der Waals surface area contributed by atoms with Crippen LogP contribution in [0.5, 0.6) is 0 Å². The molecule has 0 fully saturated rings. The Labute approximate surface area is 93.7 Å². The van der Waals surface area contributed by atoms with Gasteiger partial charge in [-0.2, -0.15) is 4.98 Å². The molecule has 1 aromatic heterocycles. The van der Waals surface area contributed by atoms with Crippen LogP contribution in [0.2, 0.25) is 0 Å². The molecule has 0 aliphatic rings. The minimum absolute atomic E-state index is 0.0289. The molecule has 0 aromatic carbocycles. The number of sulfonamides is 1. The Hall–Kier alpha value is -1.45. The van der Waals surface area contributed by atoms with Crippen LogP contribution in [-0.2, 0) is 10.0 Å². The Kier molecular flexibility index (Phi) is 4.40. The first kappa shape index (κ1) is 12.6. The Bertz CT molecular complexity index is 434. The Morgan fingerprint density at radius 3 is 2.88 bits per heavy atom. The van der Waals surface area contributed by atoms with Crippen LogP contribution < -0.4 is 21.3 Å². The Morgan fingerprint density at radius 2 is 2.25 bits per heavy atom. The van der Waals surface area contributed by atoms with E-state index in [0.717, 1.165) is 0 Å². The molecule has 0 bridgehead atoms. The molecule has 1 aromatic rings. The van der Waals surface area contributed by atoms with Crippen LogP contribution in [0, 0.1) is 0 Å². The molecule has 8 nitrogen and oxygen atoms in total. The number of aromatic nitrogens is 2. The maximum atomic E-state index is 11.1. The molecule has 1 heterocycles. The highest BCUT2D eigenvalue weighted by Crippen LogP contribution is 2.03. The van der Waals surface area contributed by atoms with E-state index in [9.17, 15) is 8.42 Å². The van der Waals surface area contributed by atoms with E-state index in [1.807, 2.05) is 0 Å². The van der Waals surface area contributed by atoms with Gasteiger partial charge in [-0.05, 0) is 13.1 Å². The molecule has 0 radical (unpaired) electrons. The molecule has 0 spiro atoms. The van der Waals surface area contributed by atoms with Crippen molar-refractivity contribution in [3.8, 4) is 0 Å². The second-order valence-electron chi connectivity index (χ2n) is 2.86. The van der Waals surface area contributed by atoms with Gasteiger partial charge in [0.15, 0.2) is 0 Å². The van der Waals surface area contributed by atoms with Gasteiger partial charge in [-0.25, -0.2) is 24.0 Å². The molecule has 0 amide bonds. The summed E-state index contributed by atoms with van der Waals surface area (Å²) in [5, 5.41) is 2.84. The topological polar surface area (TPSA) is 122 Å². The number of nitrogens with two attached hydrogens (primary N) is 1. The highest BCUT2D eigenvalue weighted by Gasteiger charge is 2.06. The van der Waals surface area contributed by atoms with Gasteiger partial charge in [-0.15, -0.1) is 0 Å². The minimum Gasteiger partial charge on any atom is -0.369 e. The number of nitrogen functional groups attached to an aromatic ring is 1. The van der Waals surface area contributed by atoms with E-state index in [1.165, 1.54) is 13.2 Å². The van der Waals surface area contributed by atoms with Gasteiger partial charge in [0.25, 0.3) is 0 Å². The SMILES string of the molecule is CNS(=O)(=O)CCNc1ccnc(NN)n1. The molecule has 5 N–H and O–H groups in total. The van der Waals surface area contributed by atoms with Crippen molar-refractivity contribution >= 4 is 21.8 Å². The lowest BCUT2D eigenvalue weighted by Crippen LogP contribution is -2.26. The molecule has 90 valence electrons. The minimum atomic E-state index is -3.20. The van der Waals surface area contributed by atoms with Gasteiger partial charge in [-0.1, -0.05) is 0 Å². The van der Waals surface area contributed by atoms with Crippen molar-refractivity contribution < 1.29 is 8.42 Å². The third-order valence-electron chi connectivity index (χ3n) is 1.77. The number of hydrogen-bond acceptors (Lipinski definition) is 7. The van der Waals surface area contributed by atoms with E-state index in [-0.39, 0.29) is 18.2 Å². The van der Waals surface area contributed by atoms with Crippen LogP contribution in [0.25, 0.3) is 0 Å². The molecular weight excluding hydrogens is 232 g/mol. The summed E-state index contributed by atoms with van der Waals surface area (Å²) in [6.45, 7) is 0.254. The third-order valence-corrected chi connectivity index (χ3v) is 3.14. The predicted octanol–water partition coefficient (Wildman–Crippen LogP) is -1.28. The van der Waals surface area contributed by atoms with Gasteiger partial charge >= 0.3 is 0 Å². The molecule has 0 atom stereocenters. The smallest absolute Gasteiger partial charge is 0.239 e. The van der Waals surface area contributed by atoms with Crippen LogP contribution >= 0.6 is 0 Å². The lowest BCUT2D eigenvalue weighted by atomic mass is 10.5. The summed E-state index contributed by atoms with van der Waals surface area (Å²) in [5.74, 6) is 5.87. The number of nitrogens with one attached hydrogen (secondary N) is 3.